The molecule has 2 rings (SSSR count). The summed E-state index contributed by atoms with van der Waals surface area (Å²) in [4.78, 5) is 7.29. The Balaban J connectivity index is 2.03. The fraction of sp³-hybridized carbons (Fsp3) is 0.231. The lowest BCUT2D eigenvalue weighted by atomic mass is 10.2. The van der Waals surface area contributed by atoms with Crippen molar-refractivity contribution in [1.82, 2.24) is 9.97 Å². The van der Waals surface area contributed by atoms with Crippen LogP contribution in [0.4, 0.5) is 13.2 Å². The van der Waals surface area contributed by atoms with E-state index in [2.05, 4.69) is 9.97 Å². The number of aromatic nitrogens is 2. The van der Waals surface area contributed by atoms with Crippen LogP contribution in [0.2, 0.25) is 0 Å². The van der Waals surface area contributed by atoms with Crippen LogP contribution in [0.5, 0.6) is 0 Å². The van der Waals surface area contributed by atoms with Gasteiger partial charge < -0.3 is 5.11 Å². The molecule has 0 saturated carbocycles. The van der Waals surface area contributed by atoms with Crippen molar-refractivity contribution in [3.63, 3.8) is 0 Å². The zero-order valence-corrected chi connectivity index (χ0v) is 11.1. The molecule has 0 aliphatic heterocycles. The van der Waals surface area contributed by atoms with E-state index in [-0.39, 0.29) is 11.8 Å². The predicted molar refractivity (Wildman–Crippen MR) is 69.0 cm³/mol. The Morgan fingerprint density at radius 2 is 1.70 bits per heavy atom. The quantitative estimate of drug-likeness (QED) is 0.695. The predicted octanol–water partition coefficient (Wildman–Crippen LogP) is 3.28. The molecule has 7 heteroatoms. The monoisotopic (exact) mass is 300 g/mol. The SMILES string of the molecule is OCc1ccc(CSc2nccc(C(F)(F)F)n2)cc1. The van der Waals surface area contributed by atoms with Crippen molar-refractivity contribution in [2.24, 2.45) is 0 Å². The van der Waals surface area contributed by atoms with Crippen molar-refractivity contribution in [3.05, 3.63) is 53.3 Å². The van der Waals surface area contributed by atoms with Crippen LogP contribution in [0.25, 0.3) is 0 Å². The molecule has 0 fully saturated rings. The van der Waals surface area contributed by atoms with E-state index in [1.165, 1.54) is 0 Å². The van der Waals surface area contributed by atoms with Crippen molar-refractivity contribution < 1.29 is 18.3 Å². The van der Waals surface area contributed by atoms with Crippen LogP contribution >= 0.6 is 11.8 Å². The number of alkyl halides is 3. The molecule has 0 atom stereocenters. The number of rotatable bonds is 4. The van der Waals surface area contributed by atoms with E-state index in [9.17, 15) is 13.2 Å². The minimum atomic E-state index is -4.46. The molecule has 20 heavy (non-hydrogen) atoms. The minimum absolute atomic E-state index is 0.0375. The van der Waals surface area contributed by atoms with Gasteiger partial charge in [-0.05, 0) is 17.2 Å². The van der Waals surface area contributed by atoms with Gasteiger partial charge >= 0.3 is 6.18 Å². The highest BCUT2D eigenvalue weighted by Crippen LogP contribution is 2.29. The molecular formula is C13H11F3N2OS. The van der Waals surface area contributed by atoms with Crippen LogP contribution in [-0.4, -0.2) is 15.1 Å². The summed E-state index contributed by atoms with van der Waals surface area (Å²) in [6.07, 6.45) is -3.35. The van der Waals surface area contributed by atoms with Gasteiger partial charge in [0.25, 0.3) is 0 Å². The second-order valence-corrected chi connectivity index (χ2v) is 4.93. The molecule has 0 radical (unpaired) electrons. The van der Waals surface area contributed by atoms with E-state index in [1.54, 1.807) is 12.1 Å². The molecule has 0 bridgehead atoms. The molecule has 1 N–H and O–H groups in total. The Morgan fingerprint density at radius 3 is 2.30 bits per heavy atom. The topological polar surface area (TPSA) is 46.0 Å². The van der Waals surface area contributed by atoms with Gasteiger partial charge in [0.15, 0.2) is 5.16 Å². The molecule has 0 aliphatic rings. The summed E-state index contributed by atoms with van der Waals surface area (Å²) in [6.45, 7) is -0.0375. The third-order valence-electron chi connectivity index (χ3n) is 2.50. The molecule has 1 aromatic carbocycles. The lowest BCUT2D eigenvalue weighted by Gasteiger charge is -2.06. The zero-order chi connectivity index (χ0) is 14.6. The third-order valence-corrected chi connectivity index (χ3v) is 3.43. The highest BCUT2D eigenvalue weighted by atomic mass is 32.2. The Labute approximate surface area is 117 Å². The number of thioether (sulfide) groups is 1. The van der Waals surface area contributed by atoms with Crippen molar-refractivity contribution >= 4 is 11.8 Å². The number of hydrogen-bond acceptors (Lipinski definition) is 4. The van der Waals surface area contributed by atoms with Crippen LogP contribution in [0.1, 0.15) is 16.8 Å². The lowest BCUT2D eigenvalue weighted by Crippen LogP contribution is -2.08. The molecule has 1 heterocycles. The normalized spacial score (nSPS) is 11.6. The van der Waals surface area contributed by atoms with Gasteiger partial charge in [-0.2, -0.15) is 13.2 Å². The largest absolute Gasteiger partial charge is 0.433 e. The fourth-order valence-corrected chi connectivity index (χ4v) is 2.24. The first kappa shape index (κ1) is 14.8. The fourth-order valence-electron chi connectivity index (χ4n) is 1.46. The summed E-state index contributed by atoms with van der Waals surface area (Å²) in [6, 6.07) is 8.00. The first-order chi connectivity index (χ1) is 9.49. The highest BCUT2D eigenvalue weighted by Gasteiger charge is 2.32. The van der Waals surface area contributed by atoms with Gasteiger partial charge in [0.05, 0.1) is 6.61 Å². The highest BCUT2D eigenvalue weighted by molar-refractivity contribution is 7.98. The van der Waals surface area contributed by atoms with Crippen molar-refractivity contribution in [3.8, 4) is 0 Å². The molecule has 2 aromatic rings. The Hall–Kier alpha value is -1.60. The minimum Gasteiger partial charge on any atom is -0.392 e. The molecule has 3 nitrogen and oxygen atoms in total. The molecule has 0 amide bonds. The van der Waals surface area contributed by atoms with Crippen molar-refractivity contribution in [1.29, 1.82) is 0 Å². The van der Waals surface area contributed by atoms with Crippen LogP contribution < -0.4 is 0 Å². The Kier molecular flexibility index (Phi) is 4.61. The molecular weight excluding hydrogens is 289 g/mol. The third kappa shape index (κ3) is 3.94. The molecule has 0 aliphatic carbocycles. The van der Waals surface area contributed by atoms with Gasteiger partial charge in [0.2, 0.25) is 0 Å². The number of hydrogen-bond donors (Lipinski definition) is 1. The summed E-state index contributed by atoms with van der Waals surface area (Å²) >= 11 is 1.13. The van der Waals surface area contributed by atoms with E-state index in [4.69, 9.17) is 5.11 Å². The average molecular weight is 300 g/mol. The van der Waals surface area contributed by atoms with E-state index in [0.717, 1.165) is 35.2 Å². The number of aliphatic hydroxyl groups excluding tert-OH is 1. The summed E-state index contributed by atoms with van der Waals surface area (Å²) in [5.74, 6) is 0.465. The Morgan fingerprint density at radius 1 is 1.05 bits per heavy atom. The standard InChI is InChI=1S/C13H11F3N2OS/c14-13(15,16)11-5-6-17-12(18-11)20-8-10-3-1-9(7-19)2-4-10/h1-6,19H,7-8H2. The van der Waals surface area contributed by atoms with Gasteiger partial charge in [0.1, 0.15) is 5.69 Å². The summed E-state index contributed by atoms with van der Waals surface area (Å²) in [5, 5.41) is 9.00. The maximum absolute atomic E-state index is 12.5. The van der Waals surface area contributed by atoms with Gasteiger partial charge in [-0.1, -0.05) is 36.0 Å². The number of aliphatic hydroxyl groups is 1. The van der Waals surface area contributed by atoms with E-state index >= 15 is 0 Å². The number of halogens is 3. The first-order valence-corrected chi connectivity index (χ1v) is 6.69. The molecule has 1 aromatic heterocycles. The summed E-state index contributed by atoms with van der Waals surface area (Å²) in [5.41, 5.74) is 0.771. The van der Waals surface area contributed by atoms with Crippen molar-refractivity contribution in [2.75, 3.05) is 0 Å². The van der Waals surface area contributed by atoms with Gasteiger partial charge in [-0.25, -0.2) is 9.97 Å². The lowest BCUT2D eigenvalue weighted by molar-refractivity contribution is -0.141. The van der Waals surface area contributed by atoms with Gasteiger partial charge in [-0.15, -0.1) is 0 Å². The number of nitrogens with zero attached hydrogens (tertiary/aromatic N) is 2. The molecule has 106 valence electrons. The summed E-state index contributed by atoms with van der Waals surface area (Å²) in [7, 11) is 0. The Bertz CT molecular complexity index is 573. The molecule has 0 saturated heterocycles. The van der Waals surface area contributed by atoms with Crippen LogP contribution in [0, 0.1) is 0 Å². The number of benzene rings is 1. The van der Waals surface area contributed by atoms with E-state index in [0.29, 0.717) is 5.75 Å². The second kappa shape index (κ2) is 6.23. The smallest absolute Gasteiger partial charge is 0.392 e. The van der Waals surface area contributed by atoms with Gasteiger partial charge in [0, 0.05) is 11.9 Å². The average Bonchev–Trinajstić information content (AvgIpc) is 2.45. The molecule has 0 spiro atoms. The van der Waals surface area contributed by atoms with Crippen LogP contribution in [-0.2, 0) is 18.5 Å². The summed E-state index contributed by atoms with van der Waals surface area (Å²) < 4.78 is 37.5. The van der Waals surface area contributed by atoms with E-state index in [1.807, 2.05) is 12.1 Å². The van der Waals surface area contributed by atoms with Gasteiger partial charge in [-0.3, -0.25) is 0 Å². The second-order valence-electron chi connectivity index (χ2n) is 3.99. The molecule has 0 unspecified atom stereocenters. The first-order valence-electron chi connectivity index (χ1n) is 5.71. The van der Waals surface area contributed by atoms with Crippen LogP contribution in [0.3, 0.4) is 0 Å². The van der Waals surface area contributed by atoms with Crippen LogP contribution in [0.15, 0.2) is 41.7 Å². The maximum atomic E-state index is 12.5. The zero-order valence-electron chi connectivity index (χ0n) is 10.3. The maximum Gasteiger partial charge on any atom is 0.433 e. The van der Waals surface area contributed by atoms with E-state index < -0.39 is 11.9 Å². The van der Waals surface area contributed by atoms with Crippen molar-refractivity contribution in [2.45, 2.75) is 23.7 Å².